The molecule has 0 radical (unpaired) electrons. The number of allylic oxidation sites excluding steroid dienone is 8. The molecule has 0 bridgehead atoms. The zero-order valence-electron chi connectivity index (χ0n) is 45.8. The molecule has 0 amide bonds. The Bertz CT molecular complexity index is 1310. The van der Waals surface area contributed by atoms with E-state index >= 15 is 0 Å². The van der Waals surface area contributed by atoms with E-state index in [2.05, 4.69) is 62.5 Å². The first kappa shape index (κ1) is 67.0. The molecule has 0 heterocycles. The van der Waals surface area contributed by atoms with E-state index in [1.165, 1.54) is 167 Å². The van der Waals surface area contributed by atoms with Gasteiger partial charge in [0.05, 0.1) is 27.7 Å². The van der Waals surface area contributed by atoms with E-state index in [-0.39, 0.29) is 32.0 Å². The SMILES string of the molecule is CCCCCCC/C=C\C/C=C\C/C=C\CCCCCCCCCCCCCCCCCCC(=O)OC(COC(=O)CCCCCCC/C=C\CCCCCCC)COP(=O)(O)OCC[N+](C)(C)C. The van der Waals surface area contributed by atoms with Crippen molar-refractivity contribution in [3.63, 3.8) is 0 Å². The van der Waals surface area contributed by atoms with Crippen LogP contribution in [0.3, 0.4) is 0 Å². The van der Waals surface area contributed by atoms with E-state index in [4.69, 9.17) is 18.5 Å². The van der Waals surface area contributed by atoms with Gasteiger partial charge >= 0.3 is 19.8 Å². The molecular weight excluding hydrogens is 882 g/mol. The third-order valence-electron chi connectivity index (χ3n) is 12.6. The maximum absolute atomic E-state index is 12.8. The lowest BCUT2D eigenvalue weighted by molar-refractivity contribution is -0.870. The standard InChI is InChI=1S/C59H110NO8P/c1-6-8-10-12-14-16-18-20-22-23-24-25-26-27-28-29-30-31-32-33-34-35-36-37-38-40-42-44-46-48-50-52-59(62)68-57(56-67-69(63,64)66-54-53-60(3,4)5)55-65-58(61)51-49-47-45-43-41-39-21-19-17-15-13-11-9-7-2/h18-21,23-24,26-27,57H,6-17,22,25,28-56H2,1-5H3/p+1/b20-18-,21-19-,24-23-,27-26-. The minimum Gasteiger partial charge on any atom is -0.462 e. The summed E-state index contributed by atoms with van der Waals surface area (Å²) in [5.41, 5.74) is 0. The Kier molecular flexibility index (Phi) is 49.4. The van der Waals surface area contributed by atoms with Gasteiger partial charge in [0.25, 0.3) is 0 Å². The summed E-state index contributed by atoms with van der Waals surface area (Å²) in [6, 6.07) is 0. The number of unbranched alkanes of at least 4 members (excludes halogenated alkanes) is 31. The maximum Gasteiger partial charge on any atom is 0.472 e. The van der Waals surface area contributed by atoms with E-state index in [0.717, 1.165) is 64.2 Å². The van der Waals surface area contributed by atoms with Crippen LogP contribution < -0.4 is 0 Å². The van der Waals surface area contributed by atoms with Gasteiger partial charge in [0.1, 0.15) is 19.8 Å². The number of rotatable bonds is 53. The maximum atomic E-state index is 12.8. The molecule has 0 saturated heterocycles. The summed E-state index contributed by atoms with van der Waals surface area (Å²) in [7, 11) is 1.48. The molecule has 69 heavy (non-hydrogen) atoms. The lowest BCUT2D eigenvalue weighted by atomic mass is 10.0. The first-order valence-corrected chi connectivity index (χ1v) is 30.4. The highest BCUT2D eigenvalue weighted by Crippen LogP contribution is 2.43. The molecule has 0 fully saturated rings. The summed E-state index contributed by atoms with van der Waals surface area (Å²) < 4.78 is 34.5. The van der Waals surface area contributed by atoms with Crippen LogP contribution in [-0.2, 0) is 32.7 Å². The highest BCUT2D eigenvalue weighted by Gasteiger charge is 2.27. The second-order valence-electron chi connectivity index (χ2n) is 20.7. The van der Waals surface area contributed by atoms with Gasteiger partial charge in [-0.1, -0.05) is 223 Å². The number of nitrogens with zero attached hydrogens (tertiary/aromatic N) is 1. The van der Waals surface area contributed by atoms with Crippen molar-refractivity contribution in [2.45, 2.75) is 270 Å². The average Bonchev–Trinajstić information content (AvgIpc) is 3.31. The van der Waals surface area contributed by atoms with Crippen molar-refractivity contribution >= 4 is 19.8 Å². The van der Waals surface area contributed by atoms with Crippen molar-refractivity contribution in [2.75, 3.05) is 47.5 Å². The Morgan fingerprint density at radius 2 is 0.783 bits per heavy atom. The van der Waals surface area contributed by atoms with Gasteiger partial charge in [-0.25, -0.2) is 4.57 Å². The number of phosphoric acid groups is 1. The zero-order chi connectivity index (χ0) is 50.6. The van der Waals surface area contributed by atoms with Crippen LogP contribution in [0.4, 0.5) is 0 Å². The van der Waals surface area contributed by atoms with Gasteiger partial charge in [0.2, 0.25) is 0 Å². The molecule has 0 rings (SSSR count). The molecule has 0 saturated carbocycles. The van der Waals surface area contributed by atoms with E-state index in [0.29, 0.717) is 17.4 Å². The van der Waals surface area contributed by atoms with Gasteiger partial charge < -0.3 is 18.9 Å². The molecule has 2 unspecified atom stereocenters. The Balaban J connectivity index is 4.07. The quantitative estimate of drug-likeness (QED) is 0.0211. The summed E-state index contributed by atoms with van der Waals surface area (Å²) in [5, 5.41) is 0. The number of esters is 2. The number of hydrogen-bond donors (Lipinski definition) is 1. The van der Waals surface area contributed by atoms with E-state index in [9.17, 15) is 19.0 Å². The smallest absolute Gasteiger partial charge is 0.462 e. The predicted molar refractivity (Wildman–Crippen MR) is 293 cm³/mol. The number of likely N-dealkylation sites (N-methyl/N-ethyl adjacent to an activating group) is 1. The molecule has 0 aromatic rings. The first-order valence-electron chi connectivity index (χ1n) is 28.9. The summed E-state index contributed by atoms with van der Waals surface area (Å²) in [6.07, 6.45) is 63.3. The van der Waals surface area contributed by atoms with Crippen LogP contribution >= 0.6 is 7.82 Å². The Hall–Kier alpha value is -2.03. The minimum absolute atomic E-state index is 0.0307. The predicted octanol–water partition coefficient (Wildman–Crippen LogP) is 17.8. The van der Waals surface area contributed by atoms with Gasteiger partial charge in [-0.15, -0.1) is 0 Å². The number of phosphoric ester groups is 1. The highest BCUT2D eigenvalue weighted by atomic mass is 31.2. The fourth-order valence-corrected chi connectivity index (χ4v) is 8.82. The lowest BCUT2D eigenvalue weighted by Gasteiger charge is -2.24. The zero-order valence-corrected chi connectivity index (χ0v) is 46.7. The molecule has 0 aliphatic carbocycles. The molecule has 1 N–H and O–H groups in total. The van der Waals surface area contributed by atoms with Gasteiger partial charge in [0, 0.05) is 12.8 Å². The van der Waals surface area contributed by atoms with Crippen molar-refractivity contribution in [1.82, 2.24) is 0 Å². The molecular formula is C59H111NO8P+. The van der Waals surface area contributed by atoms with Gasteiger partial charge in [-0.2, -0.15) is 0 Å². The Morgan fingerprint density at radius 1 is 0.449 bits per heavy atom. The van der Waals surface area contributed by atoms with Crippen molar-refractivity contribution in [2.24, 2.45) is 0 Å². The van der Waals surface area contributed by atoms with Crippen molar-refractivity contribution in [3.8, 4) is 0 Å². The second-order valence-corrected chi connectivity index (χ2v) is 22.1. The molecule has 404 valence electrons. The summed E-state index contributed by atoms with van der Waals surface area (Å²) in [5.74, 6) is -0.800. The third-order valence-corrected chi connectivity index (χ3v) is 13.6. The van der Waals surface area contributed by atoms with E-state index < -0.39 is 26.5 Å². The topological polar surface area (TPSA) is 108 Å². The second kappa shape index (κ2) is 50.9. The van der Waals surface area contributed by atoms with E-state index in [1.54, 1.807) is 0 Å². The summed E-state index contributed by atoms with van der Waals surface area (Å²) >= 11 is 0. The minimum atomic E-state index is -4.38. The van der Waals surface area contributed by atoms with Gasteiger partial charge in [0.15, 0.2) is 6.10 Å². The number of carbonyl (C=O) groups excluding carboxylic acids is 2. The summed E-state index contributed by atoms with van der Waals surface area (Å²) in [6.45, 7) is 4.42. The number of hydrogen-bond acceptors (Lipinski definition) is 7. The van der Waals surface area contributed by atoms with Crippen LogP contribution in [0.2, 0.25) is 0 Å². The van der Waals surface area contributed by atoms with Gasteiger partial charge in [-0.3, -0.25) is 18.6 Å². The van der Waals surface area contributed by atoms with Crippen molar-refractivity contribution in [1.29, 1.82) is 0 Å². The fraction of sp³-hybridized carbons (Fsp3) is 0.831. The van der Waals surface area contributed by atoms with Crippen LogP contribution in [0.1, 0.15) is 264 Å². The van der Waals surface area contributed by atoms with Crippen molar-refractivity contribution < 1.29 is 42.1 Å². The number of carbonyl (C=O) groups is 2. The molecule has 0 aliphatic heterocycles. The van der Waals surface area contributed by atoms with Gasteiger partial charge in [-0.05, 0) is 77.0 Å². The number of ether oxygens (including phenoxy) is 2. The Labute approximate surface area is 426 Å². The highest BCUT2D eigenvalue weighted by molar-refractivity contribution is 7.47. The molecule has 0 spiro atoms. The molecule has 0 aliphatic rings. The molecule has 2 atom stereocenters. The number of quaternary nitrogens is 1. The molecule has 0 aromatic carbocycles. The average molecular weight is 994 g/mol. The van der Waals surface area contributed by atoms with E-state index in [1.807, 2.05) is 21.1 Å². The van der Waals surface area contributed by atoms with Crippen LogP contribution in [-0.4, -0.2) is 74.9 Å². The molecule has 9 nitrogen and oxygen atoms in total. The van der Waals surface area contributed by atoms with Crippen LogP contribution in [0.25, 0.3) is 0 Å². The normalized spacial score (nSPS) is 13.7. The lowest BCUT2D eigenvalue weighted by Crippen LogP contribution is -2.37. The molecule has 0 aromatic heterocycles. The van der Waals surface area contributed by atoms with Crippen LogP contribution in [0.15, 0.2) is 48.6 Å². The van der Waals surface area contributed by atoms with Crippen LogP contribution in [0, 0.1) is 0 Å². The van der Waals surface area contributed by atoms with Crippen molar-refractivity contribution in [3.05, 3.63) is 48.6 Å². The monoisotopic (exact) mass is 993 g/mol. The largest absolute Gasteiger partial charge is 0.472 e. The first-order chi connectivity index (χ1) is 33.5. The fourth-order valence-electron chi connectivity index (χ4n) is 8.08. The van der Waals surface area contributed by atoms with Crippen LogP contribution in [0.5, 0.6) is 0 Å². The Morgan fingerprint density at radius 3 is 1.17 bits per heavy atom. The third kappa shape index (κ3) is 55.1. The summed E-state index contributed by atoms with van der Waals surface area (Å²) in [4.78, 5) is 35.6. The molecule has 10 heteroatoms.